The first-order valence-corrected chi connectivity index (χ1v) is 6.26. The Bertz CT molecular complexity index is 539. The van der Waals surface area contributed by atoms with Crippen molar-refractivity contribution in [2.24, 2.45) is 0 Å². The Kier molecular flexibility index (Phi) is 3.42. The van der Waals surface area contributed by atoms with E-state index >= 15 is 0 Å². The van der Waals surface area contributed by atoms with Crippen LogP contribution in [0.15, 0.2) is 30.3 Å². The Labute approximate surface area is 109 Å². The van der Waals surface area contributed by atoms with Gasteiger partial charge >= 0.3 is 0 Å². The third-order valence-corrected chi connectivity index (χ3v) is 3.74. The van der Waals surface area contributed by atoms with E-state index in [-0.39, 0.29) is 0 Å². The highest BCUT2D eigenvalue weighted by Gasteiger charge is 2.10. The molecule has 2 aromatic carbocycles. The monoisotopic (exact) mass is 240 g/mol. The second kappa shape index (κ2) is 4.85. The van der Waals surface area contributed by atoms with E-state index in [0.717, 1.165) is 5.75 Å². The van der Waals surface area contributed by atoms with Crippen molar-refractivity contribution in [1.82, 2.24) is 0 Å². The van der Waals surface area contributed by atoms with Crippen LogP contribution >= 0.6 is 0 Å². The fraction of sp³-hybridized carbons (Fsp3) is 0.294. The van der Waals surface area contributed by atoms with Crippen molar-refractivity contribution in [3.05, 3.63) is 52.6 Å². The van der Waals surface area contributed by atoms with E-state index in [2.05, 4.69) is 45.9 Å². The molecule has 0 spiro atoms. The highest BCUT2D eigenvalue weighted by atomic mass is 16.5. The molecule has 0 heterocycles. The first-order valence-electron chi connectivity index (χ1n) is 6.26. The second-order valence-electron chi connectivity index (χ2n) is 4.86. The SMILES string of the molecule is COc1ccc(-c2c(C)c(C)cc(C)c2C)cc1. The van der Waals surface area contributed by atoms with Gasteiger partial charge in [0.25, 0.3) is 0 Å². The number of hydrogen-bond donors (Lipinski definition) is 0. The molecule has 94 valence electrons. The minimum absolute atomic E-state index is 0.901. The van der Waals surface area contributed by atoms with Crippen LogP contribution in [0.4, 0.5) is 0 Å². The Morgan fingerprint density at radius 1 is 0.778 bits per heavy atom. The molecule has 0 aliphatic heterocycles. The number of aryl methyl sites for hydroxylation is 2. The number of rotatable bonds is 2. The van der Waals surface area contributed by atoms with Crippen LogP contribution in [0, 0.1) is 27.7 Å². The number of ether oxygens (including phenoxy) is 1. The molecule has 0 unspecified atom stereocenters. The molecule has 0 aliphatic carbocycles. The average Bonchev–Trinajstić information content (AvgIpc) is 2.37. The fourth-order valence-corrected chi connectivity index (χ4v) is 2.41. The van der Waals surface area contributed by atoms with Gasteiger partial charge in [0.15, 0.2) is 0 Å². The molecule has 2 rings (SSSR count). The van der Waals surface area contributed by atoms with Gasteiger partial charge in [0, 0.05) is 0 Å². The van der Waals surface area contributed by atoms with Crippen LogP contribution in [-0.2, 0) is 0 Å². The fourth-order valence-electron chi connectivity index (χ4n) is 2.41. The highest BCUT2D eigenvalue weighted by molar-refractivity contribution is 5.73. The van der Waals surface area contributed by atoms with Crippen molar-refractivity contribution in [1.29, 1.82) is 0 Å². The van der Waals surface area contributed by atoms with E-state index in [1.807, 2.05) is 12.1 Å². The molecule has 0 fully saturated rings. The minimum atomic E-state index is 0.901. The topological polar surface area (TPSA) is 9.23 Å². The summed E-state index contributed by atoms with van der Waals surface area (Å²) in [7, 11) is 1.70. The summed E-state index contributed by atoms with van der Waals surface area (Å²) in [6.07, 6.45) is 0. The first-order chi connectivity index (χ1) is 8.54. The van der Waals surface area contributed by atoms with E-state index in [1.165, 1.54) is 33.4 Å². The molecule has 0 amide bonds. The van der Waals surface area contributed by atoms with Gasteiger partial charge in [-0.3, -0.25) is 0 Å². The molecule has 0 bridgehead atoms. The molecule has 0 aliphatic rings. The van der Waals surface area contributed by atoms with Gasteiger partial charge in [0.1, 0.15) is 5.75 Å². The maximum absolute atomic E-state index is 5.21. The zero-order valence-electron chi connectivity index (χ0n) is 11.8. The number of methoxy groups -OCH3 is 1. The van der Waals surface area contributed by atoms with Gasteiger partial charge in [-0.2, -0.15) is 0 Å². The Morgan fingerprint density at radius 3 is 1.72 bits per heavy atom. The Morgan fingerprint density at radius 2 is 1.28 bits per heavy atom. The summed E-state index contributed by atoms with van der Waals surface area (Å²) < 4.78 is 5.21. The van der Waals surface area contributed by atoms with E-state index < -0.39 is 0 Å². The lowest BCUT2D eigenvalue weighted by Gasteiger charge is -2.15. The lowest BCUT2D eigenvalue weighted by atomic mass is 9.90. The maximum atomic E-state index is 5.21. The van der Waals surface area contributed by atoms with Gasteiger partial charge in [-0.05, 0) is 73.2 Å². The maximum Gasteiger partial charge on any atom is 0.118 e. The van der Waals surface area contributed by atoms with Gasteiger partial charge in [-0.15, -0.1) is 0 Å². The summed E-state index contributed by atoms with van der Waals surface area (Å²) in [5.41, 5.74) is 8.05. The summed E-state index contributed by atoms with van der Waals surface area (Å²) in [5, 5.41) is 0. The third kappa shape index (κ3) is 2.13. The van der Waals surface area contributed by atoms with Crippen LogP contribution < -0.4 is 4.74 Å². The molecule has 0 N–H and O–H groups in total. The van der Waals surface area contributed by atoms with Crippen LogP contribution in [0.3, 0.4) is 0 Å². The Hall–Kier alpha value is -1.76. The quantitative estimate of drug-likeness (QED) is 0.745. The van der Waals surface area contributed by atoms with Crippen molar-refractivity contribution in [3.8, 4) is 16.9 Å². The summed E-state index contributed by atoms with van der Waals surface area (Å²) in [6.45, 7) is 8.74. The molecule has 0 aromatic heterocycles. The zero-order chi connectivity index (χ0) is 13.3. The van der Waals surface area contributed by atoms with Crippen molar-refractivity contribution in [3.63, 3.8) is 0 Å². The molecule has 0 saturated carbocycles. The van der Waals surface area contributed by atoms with Crippen molar-refractivity contribution in [2.75, 3.05) is 7.11 Å². The standard InChI is InChI=1S/C17H20O/c1-11-10-12(2)14(4)17(13(11)3)15-6-8-16(18-5)9-7-15/h6-10H,1-5H3. The Balaban J connectivity index is 2.62. The van der Waals surface area contributed by atoms with Crippen molar-refractivity contribution in [2.45, 2.75) is 27.7 Å². The molecular weight excluding hydrogens is 220 g/mol. The van der Waals surface area contributed by atoms with Gasteiger partial charge < -0.3 is 4.74 Å². The van der Waals surface area contributed by atoms with Crippen LogP contribution in [0.2, 0.25) is 0 Å². The number of hydrogen-bond acceptors (Lipinski definition) is 1. The van der Waals surface area contributed by atoms with Gasteiger partial charge in [-0.1, -0.05) is 18.2 Å². The molecule has 1 nitrogen and oxygen atoms in total. The normalized spacial score (nSPS) is 10.5. The lowest BCUT2D eigenvalue weighted by molar-refractivity contribution is 0.415. The van der Waals surface area contributed by atoms with E-state index in [0.29, 0.717) is 0 Å². The lowest BCUT2D eigenvalue weighted by Crippen LogP contribution is -1.95. The molecule has 18 heavy (non-hydrogen) atoms. The summed E-state index contributed by atoms with van der Waals surface area (Å²) in [6, 6.07) is 10.6. The van der Waals surface area contributed by atoms with Crippen LogP contribution in [0.1, 0.15) is 22.3 Å². The zero-order valence-corrected chi connectivity index (χ0v) is 11.8. The summed E-state index contributed by atoms with van der Waals surface area (Å²) in [4.78, 5) is 0. The molecule has 2 aromatic rings. The molecule has 1 heteroatoms. The molecule has 0 saturated heterocycles. The molecule has 0 radical (unpaired) electrons. The van der Waals surface area contributed by atoms with Crippen molar-refractivity contribution >= 4 is 0 Å². The minimum Gasteiger partial charge on any atom is -0.497 e. The van der Waals surface area contributed by atoms with Crippen molar-refractivity contribution < 1.29 is 4.74 Å². The summed E-state index contributed by atoms with van der Waals surface area (Å²) >= 11 is 0. The van der Waals surface area contributed by atoms with E-state index in [9.17, 15) is 0 Å². The van der Waals surface area contributed by atoms with Crippen LogP contribution in [0.25, 0.3) is 11.1 Å². The molecule has 0 atom stereocenters. The average molecular weight is 240 g/mol. The second-order valence-corrected chi connectivity index (χ2v) is 4.86. The predicted molar refractivity (Wildman–Crippen MR) is 77.4 cm³/mol. The highest BCUT2D eigenvalue weighted by Crippen LogP contribution is 2.32. The predicted octanol–water partition coefficient (Wildman–Crippen LogP) is 4.60. The first kappa shape index (κ1) is 12.7. The number of benzene rings is 2. The summed E-state index contributed by atoms with van der Waals surface area (Å²) in [5.74, 6) is 0.901. The van der Waals surface area contributed by atoms with E-state index in [1.54, 1.807) is 7.11 Å². The smallest absolute Gasteiger partial charge is 0.118 e. The van der Waals surface area contributed by atoms with E-state index in [4.69, 9.17) is 4.74 Å². The van der Waals surface area contributed by atoms with Gasteiger partial charge in [0.05, 0.1) is 7.11 Å². The van der Waals surface area contributed by atoms with Gasteiger partial charge in [-0.25, -0.2) is 0 Å². The largest absolute Gasteiger partial charge is 0.497 e. The van der Waals surface area contributed by atoms with Crippen LogP contribution in [0.5, 0.6) is 5.75 Å². The molecular formula is C17H20O. The van der Waals surface area contributed by atoms with Gasteiger partial charge in [0.2, 0.25) is 0 Å². The third-order valence-electron chi connectivity index (χ3n) is 3.74. The van der Waals surface area contributed by atoms with Crippen LogP contribution in [-0.4, -0.2) is 7.11 Å².